The van der Waals surface area contributed by atoms with Crippen LogP contribution in [0.2, 0.25) is 0 Å². The molecule has 0 unspecified atom stereocenters. The molecular formula is C18H21F3N2O2. The number of carboxylic acids is 1. The minimum absolute atomic E-state index is 0.0209. The van der Waals surface area contributed by atoms with Gasteiger partial charge in [0, 0.05) is 0 Å². The number of hydrogen-bond donors (Lipinski definition) is 1. The Hall–Kier alpha value is -2.31. The third-order valence-electron chi connectivity index (χ3n) is 3.79. The van der Waals surface area contributed by atoms with E-state index in [-0.39, 0.29) is 17.2 Å². The molecule has 1 aromatic carbocycles. The van der Waals surface area contributed by atoms with E-state index in [1.807, 2.05) is 20.8 Å². The fourth-order valence-electron chi connectivity index (χ4n) is 2.84. The second kappa shape index (κ2) is 7.29. The Morgan fingerprint density at radius 3 is 2.44 bits per heavy atom. The molecule has 1 heterocycles. The lowest BCUT2D eigenvalue weighted by atomic mass is 10.0. The molecule has 2 rings (SSSR count). The summed E-state index contributed by atoms with van der Waals surface area (Å²) in [6, 6.07) is 5.10. The van der Waals surface area contributed by atoms with Gasteiger partial charge in [0.25, 0.3) is 0 Å². The lowest BCUT2D eigenvalue weighted by Gasteiger charge is -2.14. The van der Waals surface area contributed by atoms with Gasteiger partial charge in [-0.25, -0.2) is 9.48 Å². The zero-order valence-corrected chi connectivity index (χ0v) is 14.4. The van der Waals surface area contributed by atoms with Crippen LogP contribution in [-0.2, 0) is 19.0 Å². The van der Waals surface area contributed by atoms with Crippen molar-refractivity contribution in [2.24, 2.45) is 5.92 Å². The monoisotopic (exact) mass is 354 g/mol. The third-order valence-corrected chi connectivity index (χ3v) is 3.79. The standard InChI is InChI=1S/C18H21F3N2O2/c1-4-7-15-16(17(24)25)13(10-11(2)3)22-23(15)14-9-6-5-8-12(14)18(19,20)21/h5-6,8-9,11H,4,7,10H2,1-3H3,(H,24,25). The number of para-hydroxylation sites is 1. The molecule has 1 aromatic heterocycles. The first-order valence-corrected chi connectivity index (χ1v) is 8.17. The summed E-state index contributed by atoms with van der Waals surface area (Å²) in [6.45, 7) is 5.67. The van der Waals surface area contributed by atoms with Crippen LogP contribution in [0.3, 0.4) is 0 Å². The molecule has 0 aliphatic rings. The number of aromatic carboxylic acids is 1. The van der Waals surface area contributed by atoms with Crippen molar-refractivity contribution in [1.82, 2.24) is 9.78 Å². The Bertz CT molecular complexity index is 764. The van der Waals surface area contributed by atoms with Crippen molar-refractivity contribution in [3.05, 3.63) is 46.8 Å². The number of benzene rings is 1. The molecular weight excluding hydrogens is 333 g/mol. The van der Waals surface area contributed by atoms with Crippen molar-refractivity contribution >= 4 is 5.97 Å². The molecule has 0 bridgehead atoms. The predicted molar refractivity (Wildman–Crippen MR) is 88.1 cm³/mol. The minimum Gasteiger partial charge on any atom is -0.478 e. The number of halogens is 3. The minimum atomic E-state index is -4.55. The van der Waals surface area contributed by atoms with Crippen molar-refractivity contribution in [2.75, 3.05) is 0 Å². The van der Waals surface area contributed by atoms with Gasteiger partial charge in [0.05, 0.1) is 22.6 Å². The molecule has 0 radical (unpaired) electrons. The average molecular weight is 354 g/mol. The lowest BCUT2D eigenvalue weighted by Crippen LogP contribution is -2.14. The molecule has 2 aromatic rings. The van der Waals surface area contributed by atoms with Crippen molar-refractivity contribution < 1.29 is 23.1 Å². The van der Waals surface area contributed by atoms with E-state index in [4.69, 9.17) is 0 Å². The molecule has 0 atom stereocenters. The summed E-state index contributed by atoms with van der Waals surface area (Å²) in [4.78, 5) is 11.7. The lowest BCUT2D eigenvalue weighted by molar-refractivity contribution is -0.137. The molecule has 0 aliphatic carbocycles. The van der Waals surface area contributed by atoms with E-state index in [9.17, 15) is 23.1 Å². The largest absolute Gasteiger partial charge is 0.478 e. The van der Waals surface area contributed by atoms with E-state index in [2.05, 4.69) is 5.10 Å². The highest BCUT2D eigenvalue weighted by Gasteiger charge is 2.35. The van der Waals surface area contributed by atoms with Crippen molar-refractivity contribution in [2.45, 2.75) is 46.2 Å². The van der Waals surface area contributed by atoms with Gasteiger partial charge < -0.3 is 5.11 Å². The smallest absolute Gasteiger partial charge is 0.418 e. The van der Waals surface area contributed by atoms with Gasteiger partial charge in [0.2, 0.25) is 0 Å². The highest BCUT2D eigenvalue weighted by molar-refractivity contribution is 5.90. The van der Waals surface area contributed by atoms with Crippen LogP contribution in [0.5, 0.6) is 0 Å². The maximum Gasteiger partial charge on any atom is 0.418 e. The van der Waals surface area contributed by atoms with Crippen LogP contribution in [0.15, 0.2) is 24.3 Å². The third kappa shape index (κ3) is 4.03. The zero-order chi connectivity index (χ0) is 18.8. The fourth-order valence-corrected chi connectivity index (χ4v) is 2.84. The Kier molecular flexibility index (Phi) is 5.55. The van der Waals surface area contributed by atoms with E-state index in [1.54, 1.807) is 0 Å². The molecule has 0 spiro atoms. The summed E-state index contributed by atoms with van der Waals surface area (Å²) in [7, 11) is 0. The second-order valence-corrected chi connectivity index (χ2v) is 6.35. The summed E-state index contributed by atoms with van der Waals surface area (Å²) in [5, 5.41) is 13.9. The van der Waals surface area contributed by atoms with Crippen LogP contribution in [0.1, 0.15) is 54.5 Å². The number of carboxylic acid groups (broad SMARTS) is 1. The first-order chi connectivity index (χ1) is 11.7. The highest BCUT2D eigenvalue weighted by Crippen LogP contribution is 2.35. The van der Waals surface area contributed by atoms with Crippen molar-refractivity contribution in [1.29, 1.82) is 0 Å². The Balaban J connectivity index is 2.76. The predicted octanol–water partition coefficient (Wildman–Crippen LogP) is 4.74. The SMILES string of the molecule is CCCc1c(C(=O)O)c(CC(C)C)nn1-c1ccccc1C(F)(F)F. The number of alkyl halides is 3. The van der Waals surface area contributed by atoms with Gasteiger partial charge in [-0.1, -0.05) is 39.3 Å². The normalized spacial score (nSPS) is 12.0. The molecule has 7 heteroatoms. The molecule has 1 N–H and O–H groups in total. The molecule has 0 fully saturated rings. The molecule has 25 heavy (non-hydrogen) atoms. The number of carbonyl (C=O) groups is 1. The topological polar surface area (TPSA) is 55.1 Å². The van der Waals surface area contributed by atoms with Crippen LogP contribution >= 0.6 is 0 Å². The Morgan fingerprint density at radius 2 is 1.92 bits per heavy atom. The van der Waals surface area contributed by atoms with E-state index in [0.717, 1.165) is 10.7 Å². The summed E-state index contributed by atoms with van der Waals surface area (Å²) in [6.07, 6.45) is -3.23. The summed E-state index contributed by atoms with van der Waals surface area (Å²) < 4.78 is 41.3. The molecule has 0 aliphatic heterocycles. The number of nitrogens with zero attached hydrogens (tertiary/aromatic N) is 2. The van der Waals surface area contributed by atoms with E-state index >= 15 is 0 Å². The maximum absolute atomic E-state index is 13.4. The van der Waals surface area contributed by atoms with Crippen molar-refractivity contribution in [3.8, 4) is 5.69 Å². The maximum atomic E-state index is 13.4. The van der Waals surface area contributed by atoms with Crippen molar-refractivity contribution in [3.63, 3.8) is 0 Å². The molecule has 136 valence electrons. The molecule has 0 saturated heterocycles. The molecule has 0 saturated carbocycles. The van der Waals surface area contributed by atoms with Crippen LogP contribution in [0.25, 0.3) is 5.69 Å². The van der Waals surface area contributed by atoms with Crippen LogP contribution in [-0.4, -0.2) is 20.9 Å². The molecule has 0 amide bonds. The first-order valence-electron chi connectivity index (χ1n) is 8.17. The Morgan fingerprint density at radius 1 is 1.28 bits per heavy atom. The van der Waals surface area contributed by atoms with Gasteiger partial charge in [0.15, 0.2) is 0 Å². The van der Waals surface area contributed by atoms with E-state index < -0.39 is 17.7 Å². The van der Waals surface area contributed by atoms with E-state index in [1.165, 1.54) is 18.2 Å². The van der Waals surface area contributed by atoms with E-state index in [0.29, 0.717) is 30.7 Å². The summed E-state index contributed by atoms with van der Waals surface area (Å²) >= 11 is 0. The zero-order valence-electron chi connectivity index (χ0n) is 14.4. The molecule has 4 nitrogen and oxygen atoms in total. The van der Waals surface area contributed by atoms with Crippen LogP contribution in [0, 0.1) is 5.92 Å². The summed E-state index contributed by atoms with van der Waals surface area (Å²) in [5.74, 6) is -1.02. The van der Waals surface area contributed by atoms with Gasteiger partial charge in [0.1, 0.15) is 5.56 Å². The quantitative estimate of drug-likeness (QED) is 0.815. The second-order valence-electron chi connectivity index (χ2n) is 6.35. The van der Waals surface area contributed by atoms with Gasteiger partial charge in [-0.15, -0.1) is 0 Å². The van der Waals surface area contributed by atoms with Gasteiger partial charge in [-0.05, 0) is 30.9 Å². The first kappa shape index (κ1) is 19.0. The highest BCUT2D eigenvalue weighted by atomic mass is 19.4. The van der Waals surface area contributed by atoms with Gasteiger partial charge in [-0.2, -0.15) is 18.3 Å². The average Bonchev–Trinajstić information content (AvgIpc) is 2.84. The van der Waals surface area contributed by atoms with Gasteiger partial charge >= 0.3 is 12.1 Å². The van der Waals surface area contributed by atoms with Gasteiger partial charge in [-0.3, -0.25) is 0 Å². The fraction of sp³-hybridized carbons (Fsp3) is 0.444. The number of rotatable bonds is 6. The Labute approximate surface area is 144 Å². The van der Waals surface area contributed by atoms with Crippen LogP contribution < -0.4 is 0 Å². The summed E-state index contributed by atoms with van der Waals surface area (Å²) in [5.41, 5.74) is -0.323. The van der Waals surface area contributed by atoms with Crippen LogP contribution in [0.4, 0.5) is 13.2 Å². The number of hydrogen-bond acceptors (Lipinski definition) is 2. The number of aromatic nitrogens is 2.